The summed E-state index contributed by atoms with van der Waals surface area (Å²) in [5.41, 5.74) is -1.29. The molecule has 4 unspecified atom stereocenters. The van der Waals surface area contributed by atoms with Gasteiger partial charge in [-0.05, 0) is 37.6 Å². The maximum atomic E-state index is 13.2. The predicted molar refractivity (Wildman–Crippen MR) is 124 cm³/mol. The second-order valence-electron chi connectivity index (χ2n) is 9.64. The van der Waals surface area contributed by atoms with Crippen molar-refractivity contribution in [3.63, 3.8) is 0 Å². The van der Waals surface area contributed by atoms with Gasteiger partial charge in [-0.3, -0.25) is 14.2 Å². The van der Waals surface area contributed by atoms with Crippen molar-refractivity contribution in [2.75, 3.05) is 0 Å². The number of carbonyl (C=O) groups excluding carboxylic acids is 1. The Kier molecular flexibility index (Phi) is 7.04. The summed E-state index contributed by atoms with van der Waals surface area (Å²) in [6.45, 7) is 11.7. The molecule has 8 nitrogen and oxygen atoms in total. The first-order valence-corrected chi connectivity index (χ1v) is 13.6. The molecule has 1 fully saturated rings. The highest BCUT2D eigenvalue weighted by molar-refractivity contribution is 6.48. The standard InChI is InChI=1S/C23H32N2O6Si/c1-14-13-24(22(29)25(20(14)27)21(28)15-10-8-7-9-11-15)17-12-16(26)18(30-17)19(23(2,3)4)31-32(5)6/h7-11,13,16-19,26,32H,12H2,1-6H3. The monoisotopic (exact) mass is 460 g/mol. The largest absolute Gasteiger partial charge is 0.414 e. The molecule has 2 aromatic rings. The number of hydrogen-bond acceptors (Lipinski definition) is 6. The average molecular weight is 461 g/mol. The van der Waals surface area contributed by atoms with Crippen LogP contribution >= 0.6 is 0 Å². The van der Waals surface area contributed by atoms with E-state index in [4.69, 9.17) is 9.16 Å². The van der Waals surface area contributed by atoms with Crippen LogP contribution in [0, 0.1) is 12.3 Å². The van der Waals surface area contributed by atoms with Crippen LogP contribution in [0.3, 0.4) is 0 Å². The lowest BCUT2D eigenvalue weighted by Gasteiger charge is -2.37. The summed E-state index contributed by atoms with van der Waals surface area (Å²) >= 11 is 0. The van der Waals surface area contributed by atoms with Gasteiger partial charge in [-0.1, -0.05) is 39.0 Å². The van der Waals surface area contributed by atoms with E-state index in [9.17, 15) is 19.5 Å². The van der Waals surface area contributed by atoms with Crippen molar-refractivity contribution >= 4 is 14.9 Å². The Labute approximate surface area is 189 Å². The number of aliphatic hydroxyl groups excluding tert-OH is 1. The quantitative estimate of drug-likeness (QED) is 0.686. The van der Waals surface area contributed by atoms with E-state index in [2.05, 4.69) is 13.1 Å². The van der Waals surface area contributed by atoms with Gasteiger partial charge in [-0.15, -0.1) is 0 Å². The van der Waals surface area contributed by atoms with Gasteiger partial charge in [0.15, 0.2) is 9.04 Å². The minimum absolute atomic E-state index is 0.150. The Balaban J connectivity index is 2.01. The molecule has 4 atom stereocenters. The number of aromatic nitrogens is 2. The molecule has 32 heavy (non-hydrogen) atoms. The van der Waals surface area contributed by atoms with Crippen LogP contribution in [0.5, 0.6) is 0 Å². The van der Waals surface area contributed by atoms with Gasteiger partial charge in [-0.25, -0.2) is 4.79 Å². The summed E-state index contributed by atoms with van der Waals surface area (Å²) < 4.78 is 14.2. The molecule has 1 saturated heterocycles. The summed E-state index contributed by atoms with van der Waals surface area (Å²) in [5.74, 6) is -0.699. The summed E-state index contributed by atoms with van der Waals surface area (Å²) in [6, 6.07) is 8.17. The molecule has 0 saturated carbocycles. The Hall–Kier alpha value is -2.33. The highest BCUT2D eigenvalue weighted by atomic mass is 28.3. The Bertz CT molecular complexity index is 1090. The van der Waals surface area contributed by atoms with Gasteiger partial charge in [0.2, 0.25) is 0 Å². The van der Waals surface area contributed by atoms with Crippen LogP contribution in [0.1, 0.15) is 49.3 Å². The van der Waals surface area contributed by atoms with Gasteiger partial charge in [0.25, 0.3) is 11.5 Å². The van der Waals surface area contributed by atoms with Crippen LogP contribution in [0.25, 0.3) is 0 Å². The second kappa shape index (κ2) is 9.26. The van der Waals surface area contributed by atoms with Crippen LogP contribution in [-0.2, 0) is 9.16 Å². The zero-order chi connectivity index (χ0) is 23.8. The van der Waals surface area contributed by atoms with Gasteiger partial charge < -0.3 is 14.3 Å². The fourth-order valence-electron chi connectivity index (χ4n) is 3.98. The molecule has 0 bridgehead atoms. The van der Waals surface area contributed by atoms with Gasteiger partial charge in [0, 0.05) is 23.7 Å². The molecule has 0 radical (unpaired) electrons. The lowest BCUT2D eigenvalue weighted by Crippen LogP contribution is -2.47. The van der Waals surface area contributed by atoms with E-state index in [-0.39, 0.29) is 29.1 Å². The van der Waals surface area contributed by atoms with Gasteiger partial charge in [0.05, 0.1) is 12.2 Å². The van der Waals surface area contributed by atoms with E-state index in [1.54, 1.807) is 37.3 Å². The Morgan fingerprint density at radius 3 is 2.41 bits per heavy atom. The van der Waals surface area contributed by atoms with Gasteiger partial charge >= 0.3 is 5.69 Å². The second-order valence-corrected chi connectivity index (χ2v) is 12.0. The van der Waals surface area contributed by atoms with E-state index >= 15 is 0 Å². The topological polar surface area (TPSA) is 99.8 Å². The highest BCUT2D eigenvalue weighted by Gasteiger charge is 2.45. The maximum absolute atomic E-state index is 13.2. The van der Waals surface area contributed by atoms with Crippen molar-refractivity contribution in [1.82, 2.24) is 9.13 Å². The SMILES string of the molecule is Cc1cn(C2CC(O)C(C(O[SiH](C)C)C(C)(C)C)O2)c(=O)n(C(=O)c2ccccc2)c1=O. The highest BCUT2D eigenvalue weighted by Crippen LogP contribution is 2.37. The molecular formula is C23H32N2O6Si. The van der Waals surface area contributed by atoms with Crippen molar-refractivity contribution in [3.05, 3.63) is 68.5 Å². The molecule has 2 heterocycles. The number of ether oxygens (including phenoxy) is 1. The fraction of sp³-hybridized carbons (Fsp3) is 0.522. The first kappa shape index (κ1) is 24.3. The molecule has 3 rings (SSSR count). The fourth-order valence-corrected chi connectivity index (χ4v) is 5.13. The molecule has 0 spiro atoms. The van der Waals surface area contributed by atoms with Crippen molar-refractivity contribution in [2.45, 2.75) is 71.7 Å². The predicted octanol–water partition coefficient (Wildman–Crippen LogP) is 2.07. The van der Waals surface area contributed by atoms with Crippen LogP contribution < -0.4 is 11.2 Å². The van der Waals surface area contributed by atoms with Crippen LogP contribution in [0.15, 0.2) is 46.1 Å². The van der Waals surface area contributed by atoms with E-state index in [0.717, 1.165) is 0 Å². The normalized spacial score (nSPS) is 22.3. The number of aryl methyl sites for hydroxylation is 1. The number of rotatable bonds is 5. The number of carbonyl (C=O) groups is 1. The zero-order valence-corrected chi connectivity index (χ0v) is 20.6. The van der Waals surface area contributed by atoms with Crippen molar-refractivity contribution in [1.29, 1.82) is 0 Å². The first-order valence-electron chi connectivity index (χ1n) is 10.9. The Morgan fingerprint density at radius 2 is 1.84 bits per heavy atom. The molecular weight excluding hydrogens is 428 g/mol. The van der Waals surface area contributed by atoms with Crippen LogP contribution in [0.2, 0.25) is 13.1 Å². The van der Waals surface area contributed by atoms with Crippen molar-refractivity contribution in [2.24, 2.45) is 5.41 Å². The molecule has 9 heteroatoms. The molecule has 0 amide bonds. The number of aliphatic hydroxyl groups is 1. The van der Waals surface area contributed by atoms with E-state index < -0.39 is 44.6 Å². The zero-order valence-electron chi connectivity index (χ0n) is 19.4. The molecule has 1 aromatic heterocycles. The third-order valence-corrected chi connectivity index (χ3v) is 6.36. The summed E-state index contributed by atoms with van der Waals surface area (Å²) in [4.78, 5) is 38.8. The molecule has 1 aliphatic heterocycles. The van der Waals surface area contributed by atoms with Crippen molar-refractivity contribution in [3.8, 4) is 0 Å². The smallest absolute Gasteiger partial charge is 0.340 e. The summed E-state index contributed by atoms with van der Waals surface area (Å²) in [7, 11) is -1.44. The van der Waals surface area contributed by atoms with E-state index in [0.29, 0.717) is 4.57 Å². The molecule has 1 aromatic carbocycles. The summed E-state index contributed by atoms with van der Waals surface area (Å²) in [5, 5.41) is 10.8. The van der Waals surface area contributed by atoms with Gasteiger partial charge in [-0.2, -0.15) is 4.57 Å². The Morgan fingerprint density at radius 1 is 1.22 bits per heavy atom. The molecule has 0 aliphatic carbocycles. The molecule has 1 aliphatic rings. The maximum Gasteiger partial charge on any atom is 0.340 e. The lowest BCUT2D eigenvalue weighted by atomic mass is 9.84. The number of nitrogens with zero attached hydrogens (tertiary/aromatic N) is 2. The van der Waals surface area contributed by atoms with E-state index in [1.807, 2.05) is 20.8 Å². The minimum Gasteiger partial charge on any atom is -0.414 e. The number of hydrogen-bond donors (Lipinski definition) is 1. The van der Waals surface area contributed by atoms with Gasteiger partial charge in [0.1, 0.15) is 12.3 Å². The summed E-state index contributed by atoms with van der Waals surface area (Å²) in [6.07, 6.45) is -1.12. The van der Waals surface area contributed by atoms with Crippen molar-refractivity contribution < 1.29 is 19.1 Å². The third-order valence-electron chi connectivity index (χ3n) is 5.53. The van der Waals surface area contributed by atoms with Crippen LogP contribution in [-0.4, -0.2) is 47.5 Å². The third kappa shape index (κ3) is 4.85. The minimum atomic E-state index is -1.44. The average Bonchev–Trinajstić information content (AvgIpc) is 3.09. The first-order chi connectivity index (χ1) is 14.9. The van der Waals surface area contributed by atoms with E-state index in [1.165, 1.54) is 10.8 Å². The lowest BCUT2D eigenvalue weighted by molar-refractivity contribution is -0.107. The number of benzene rings is 1. The van der Waals surface area contributed by atoms with Crippen LogP contribution in [0.4, 0.5) is 0 Å². The molecule has 174 valence electrons. The molecule has 1 N–H and O–H groups in total.